The van der Waals surface area contributed by atoms with Crippen LogP contribution in [0.4, 0.5) is 8.78 Å². The molecule has 0 fully saturated rings. The third kappa shape index (κ3) is 3.00. The zero-order valence-electron chi connectivity index (χ0n) is 10.6. The van der Waals surface area contributed by atoms with Gasteiger partial charge in [0.2, 0.25) is 0 Å². The molecule has 3 N–H and O–H groups in total. The lowest BCUT2D eigenvalue weighted by molar-refractivity contribution is 0.0932. The van der Waals surface area contributed by atoms with E-state index < -0.39 is 23.6 Å². The van der Waals surface area contributed by atoms with E-state index in [0.29, 0.717) is 0 Å². The van der Waals surface area contributed by atoms with Gasteiger partial charge < -0.3 is 11.1 Å². The number of carbonyl (C=O) groups is 1. The highest BCUT2D eigenvalue weighted by atomic mass is 19.2. The number of hydrogen-bond donors (Lipinski definition) is 2. The van der Waals surface area contributed by atoms with Crippen molar-refractivity contribution in [2.24, 2.45) is 5.73 Å². The van der Waals surface area contributed by atoms with Crippen molar-refractivity contribution < 1.29 is 13.6 Å². The molecule has 3 nitrogen and oxygen atoms in total. The summed E-state index contributed by atoms with van der Waals surface area (Å²) in [4.78, 5) is 12.0. The lowest BCUT2D eigenvalue weighted by Gasteiger charge is -2.17. The Labute approximate surface area is 115 Å². The quantitative estimate of drug-likeness (QED) is 0.901. The molecule has 1 unspecified atom stereocenters. The van der Waals surface area contributed by atoms with E-state index in [1.165, 1.54) is 12.1 Å². The van der Waals surface area contributed by atoms with Crippen molar-refractivity contribution in [1.82, 2.24) is 5.32 Å². The maximum absolute atomic E-state index is 13.5. The number of amides is 1. The summed E-state index contributed by atoms with van der Waals surface area (Å²) >= 11 is 0. The van der Waals surface area contributed by atoms with Crippen LogP contribution in [0.25, 0.3) is 0 Å². The van der Waals surface area contributed by atoms with E-state index in [0.717, 1.165) is 11.6 Å². The molecule has 1 amide bonds. The first-order valence-electron chi connectivity index (χ1n) is 6.13. The Bertz CT molecular complexity index is 602. The van der Waals surface area contributed by atoms with E-state index in [4.69, 9.17) is 5.73 Å². The van der Waals surface area contributed by atoms with Crippen molar-refractivity contribution in [2.45, 2.75) is 6.04 Å². The maximum Gasteiger partial charge on any atom is 0.254 e. The average molecular weight is 276 g/mol. The minimum absolute atomic E-state index is 0.159. The normalized spacial score (nSPS) is 11.9. The van der Waals surface area contributed by atoms with Gasteiger partial charge in [0.1, 0.15) is 0 Å². The van der Waals surface area contributed by atoms with Gasteiger partial charge >= 0.3 is 0 Å². The molecule has 2 aromatic rings. The van der Waals surface area contributed by atoms with Crippen LogP contribution in [0.3, 0.4) is 0 Å². The second kappa shape index (κ2) is 6.25. The molecule has 0 saturated carbocycles. The van der Waals surface area contributed by atoms with E-state index in [9.17, 15) is 13.6 Å². The number of carbonyl (C=O) groups excluding carboxylic acids is 1. The van der Waals surface area contributed by atoms with Crippen molar-refractivity contribution in [1.29, 1.82) is 0 Å². The van der Waals surface area contributed by atoms with Crippen molar-refractivity contribution in [3.63, 3.8) is 0 Å². The molecule has 0 aromatic heterocycles. The maximum atomic E-state index is 13.5. The number of nitrogens with two attached hydrogens (primary N) is 1. The molecule has 0 aliphatic rings. The van der Waals surface area contributed by atoms with Gasteiger partial charge in [0, 0.05) is 6.54 Å². The van der Waals surface area contributed by atoms with Crippen LogP contribution in [0.2, 0.25) is 0 Å². The molecule has 104 valence electrons. The van der Waals surface area contributed by atoms with Gasteiger partial charge in [-0.15, -0.1) is 0 Å². The number of halogens is 2. The molecule has 2 aromatic carbocycles. The summed E-state index contributed by atoms with van der Waals surface area (Å²) in [6.45, 7) is 0.159. The Kier molecular flexibility index (Phi) is 4.42. The first-order chi connectivity index (χ1) is 9.63. The lowest BCUT2D eigenvalue weighted by Crippen LogP contribution is -2.34. The van der Waals surface area contributed by atoms with Gasteiger partial charge in [-0.2, -0.15) is 0 Å². The van der Waals surface area contributed by atoms with E-state index >= 15 is 0 Å². The Morgan fingerprint density at radius 1 is 1.10 bits per heavy atom. The third-order valence-electron chi connectivity index (χ3n) is 2.94. The highest BCUT2D eigenvalue weighted by Gasteiger charge is 2.18. The van der Waals surface area contributed by atoms with E-state index in [2.05, 4.69) is 5.32 Å². The molecule has 0 heterocycles. The Morgan fingerprint density at radius 2 is 1.80 bits per heavy atom. The number of rotatable bonds is 4. The first kappa shape index (κ1) is 14.1. The van der Waals surface area contributed by atoms with Crippen molar-refractivity contribution in [3.8, 4) is 0 Å². The summed E-state index contributed by atoms with van der Waals surface area (Å²) in [5.41, 5.74) is 6.09. The Hall–Kier alpha value is -2.27. The van der Waals surface area contributed by atoms with Crippen LogP contribution in [-0.4, -0.2) is 12.5 Å². The fourth-order valence-corrected chi connectivity index (χ4v) is 1.88. The number of hydrogen-bond acceptors (Lipinski definition) is 2. The van der Waals surface area contributed by atoms with Gasteiger partial charge in [0.25, 0.3) is 5.91 Å². The average Bonchev–Trinajstić information content (AvgIpc) is 2.48. The van der Waals surface area contributed by atoms with Crippen LogP contribution in [0.1, 0.15) is 22.0 Å². The third-order valence-corrected chi connectivity index (χ3v) is 2.94. The molecular formula is C15H14F2N2O. The Balaban J connectivity index is 2.20. The van der Waals surface area contributed by atoms with Gasteiger partial charge in [-0.25, -0.2) is 8.78 Å². The molecule has 0 aliphatic carbocycles. The molecule has 1 atom stereocenters. The summed E-state index contributed by atoms with van der Waals surface area (Å²) in [5.74, 6) is -2.91. The standard InChI is InChI=1S/C15H14F2N2O/c16-12-8-4-7-11(14(12)17)15(20)19-13(9-18)10-5-2-1-3-6-10/h1-8,13H,9,18H2,(H,19,20). The monoisotopic (exact) mass is 276 g/mol. The van der Waals surface area contributed by atoms with E-state index in [1.54, 1.807) is 12.1 Å². The highest BCUT2D eigenvalue weighted by Crippen LogP contribution is 2.15. The molecule has 0 aliphatic heterocycles. The summed E-state index contributed by atoms with van der Waals surface area (Å²) in [7, 11) is 0. The van der Waals surface area contributed by atoms with Crippen LogP contribution in [-0.2, 0) is 0 Å². The van der Waals surface area contributed by atoms with Crippen LogP contribution < -0.4 is 11.1 Å². The smallest absolute Gasteiger partial charge is 0.254 e. The molecule has 0 radical (unpaired) electrons. The summed E-state index contributed by atoms with van der Waals surface area (Å²) in [6.07, 6.45) is 0. The summed E-state index contributed by atoms with van der Waals surface area (Å²) in [5, 5.41) is 2.60. The van der Waals surface area contributed by atoms with Gasteiger partial charge in [-0.05, 0) is 17.7 Å². The molecule has 0 saturated heterocycles. The second-order valence-electron chi connectivity index (χ2n) is 4.27. The largest absolute Gasteiger partial charge is 0.344 e. The number of benzene rings is 2. The molecule has 2 rings (SSSR count). The minimum atomic E-state index is -1.16. The van der Waals surface area contributed by atoms with E-state index in [-0.39, 0.29) is 12.1 Å². The number of nitrogens with one attached hydrogen (secondary N) is 1. The molecule has 0 bridgehead atoms. The van der Waals surface area contributed by atoms with Gasteiger partial charge in [0.05, 0.1) is 11.6 Å². The summed E-state index contributed by atoms with van der Waals surface area (Å²) in [6, 6.07) is 12.1. The fraction of sp³-hybridized carbons (Fsp3) is 0.133. The second-order valence-corrected chi connectivity index (χ2v) is 4.27. The van der Waals surface area contributed by atoms with Crippen LogP contribution in [0.15, 0.2) is 48.5 Å². The van der Waals surface area contributed by atoms with Crippen molar-refractivity contribution in [3.05, 3.63) is 71.3 Å². The highest BCUT2D eigenvalue weighted by molar-refractivity contribution is 5.94. The zero-order valence-corrected chi connectivity index (χ0v) is 10.6. The summed E-state index contributed by atoms with van der Waals surface area (Å²) < 4.78 is 26.6. The lowest BCUT2D eigenvalue weighted by atomic mass is 10.1. The van der Waals surface area contributed by atoms with Crippen LogP contribution >= 0.6 is 0 Å². The Morgan fingerprint density at radius 3 is 2.45 bits per heavy atom. The van der Waals surface area contributed by atoms with Gasteiger partial charge in [-0.3, -0.25) is 4.79 Å². The topological polar surface area (TPSA) is 55.1 Å². The molecule has 20 heavy (non-hydrogen) atoms. The van der Waals surface area contributed by atoms with Crippen molar-refractivity contribution in [2.75, 3.05) is 6.54 Å². The molecule has 5 heteroatoms. The van der Waals surface area contributed by atoms with Crippen LogP contribution in [0, 0.1) is 11.6 Å². The van der Waals surface area contributed by atoms with Gasteiger partial charge in [-0.1, -0.05) is 36.4 Å². The predicted octanol–water partition coefficient (Wildman–Crippen LogP) is 2.39. The minimum Gasteiger partial charge on any atom is -0.344 e. The first-order valence-corrected chi connectivity index (χ1v) is 6.13. The molecule has 0 spiro atoms. The molecular weight excluding hydrogens is 262 g/mol. The predicted molar refractivity (Wildman–Crippen MR) is 72.1 cm³/mol. The van der Waals surface area contributed by atoms with Crippen LogP contribution in [0.5, 0.6) is 0 Å². The zero-order chi connectivity index (χ0) is 14.5. The van der Waals surface area contributed by atoms with Crippen molar-refractivity contribution >= 4 is 5.91 Å². The fourth-order valence-electron chi connectivity index (χ4n) is 1.88. The van der Waals surface area contributed by atoms with Gasteiger partial charge in [0.15, 0.2) is 11.6 Å². The SMILES string of the molecule is NCC(NC(=O)c1cccc(F)c1F)c1ccccc1. The van der Waals surface area contributed by atoms with E-state index in [1.807, 2.05) is 18.2 Å².